The number of nitrogens with zero attached hydrogens (tertiary/aromatic N) is 2. The molecular formula is C20H20N2O5. The minimum absolute atomic E-state index is 0.0337. The van der Waals surface area contributed by atoms with Gasteiger partial charge in [-0.1, -0.05) is 45.9 Å². The van der Waals surface area contributed by atoms with Crippen molar-refractivity contribution in [3.63, 3.8) is 0 Å². The second kappa shape index (κ2) is 6.50. The lowest BCUT2D eigenvalue weighted by Gasteiger charge is -2.25. The van der Waals surface area contributed by atoms with Crippen molar-refractivity contribution in [3.05, 3.63) is 62.7 Å². The van der Waals surface area contributed by atoms with Gasteiger partial charge in [-0.2, -0.15) is 0 Å². The van der Waals surface area contributed by atoms with Gasteiger partial charge in [0.25, 0.3) is 11.8 Å². The summed E-state index contributed by atoms with van der Waals surface area (Å²) in [5.74, 6) is -1.97. The average Bonchev–Trinajstić information content (AvgIpc) is 2.84. The zero-order chi connectivity index (χ0) is 20.0. The standard InChI is InChI=1S/C20H20N2O5/c1-10(2)12-6-5-7-13(11(3)4)17(12)21-19(24)14-8-9-15(23)18(22(26)27)16(14)20(21)25/h5-11,23H,1-4H3. The van der Waals surface area contributed by atoms with Crippen molar-refractivity contribution >= 4 is 23.2 Å². The van der Waals surface area contributed by atoms with Gasteiger partial charge in [-0.3, -0.25) is 19.7 Å². The molecule has 0 aromatic heterocycles. The van der Waals surface area contributed by atoms with E-state index in [1.807, 2.05) is 45.9 Å². The Morgan fingerprint density at radius 1 is 0.963 bits per heavy atom. The van der Waals surface area contributed by atoms with E-state index in [0.717, 1.165) is 22.1 Å². The molecule has 0 atom stereocenters. The Labute approximate surface area is 156 Å². The lowest BCUT2D eigenvalue weighted by Crippen LogP contribution is -2.32. The maximum Gasteiger partial charge on any atom is 0.324 e. The van der Waals surface area contributed by atoms with Gasteiger partial charge >= 0.3 is 5.69 Å². The number of aromatic hydroxyl groups is 1. The predicted molar refractivity (Wildman–Crippen MR) is 101 cm³/mol. The number of para-hydroxylation sites is 1. The highest BCUT2D eigenvalue weighted by atomic mass is 16.6. The molecule has 3 rings (SSSR count). The lowest BCUT2D eigenvalue weighted by atomic mass is 9.92. The van der Waals surface area contributed by atoms with Crippen molar-refractivity contribution < 1.29 is 19.6 Å². The third-order valence-electron chi connectivity index (χ3n) is 4.76. The summed E-state index contributed by atoms with van der Waals surface area (Å²) in [5, 5.41) is 21.3. The van der Waals surface area contributed by atoms with E-state index < -0.39 is 28.2 Å². The monoisotopic (exact) mass is 368 g/mol. The highest BCUT2D eigenvalue weighted by Crippen LogP contribution is 2.43. The Kier molecular flexibility index (Phi) is 4.47. The van der Waals surface area contributed by atoms with E-state index in [9.17, 15) is 24.8 Å². The molecule has 27 heavy (non-hydrogen) atoms. The van der Waals surface area contributed by atoms with Gasteiger partial charge in [0.05, 0.1) is 16.2 Å². The first-order valence-electron chi connectivity index (χ1n) is 8.68. The molecule has 0 radical (unpaired) electrons. The smallest absolute Gasteiger partial charge is 0.324 e. The Hall–Kier alpha value is -3.22. The molecule has 0 spiro atoms. The number of fused-ring (bicyclic) bond motifs is 1. The van der Waals surface area contributed by atoms with Crippen molar-refractivity contribution in [2.75, 3.05) is 4.90 Å². The molecule has 7 heteroatoms. The summed E-state index contributed by atoms with van der Waals surface area (Å²) in [5.41, 5.74) is 0.921. The van der Waals surface area contributed by atoms with Gasteiger partial charge in [0.2, 0.25) is 0 Å². The summed E-state index contributed by atoms with van der Waals surface area (Å²) in [6.45, 7) is 7.82. The maximum absolute atomic E-state index is 13.1. The second-order valence-electron chi connectivity index (χ2n) is 7.15. The fraction of sp³-hybridized carbons (Fsp3) is 0.300. The lowest BCUT2D eigenvalue weighted by molar-refractivity contribution is -0.386. The first kappa shape index (κ1) is 18.6. The minimum atomic E-state index is -0.833. The van der Waals surface area contributed by atoms with Gasteiger partial charge < -0.3 is 5.11 Å². The van der Waals surface area contributed by atoms with Crippen LogP contribution in [0.25, 0.3) is 0 Å². The second-order valence-corrected chi connectivity index (χ2v) is 7.15. The molecule has 1 aliphatic heterocycles. The Morgan fingerprint density at radius 2 is 1.52 bits per heavy atom. The first-order valence-corrected chi connectivity index (χ1v) is 8.68. The number of nitro benzene ring substituents is 1. The van der Waals surface area contributed by atoms with E-state index >= 15 is 0 Å². The van der Waals surface area contributed by atoms with E-state index in [2.05, 4.69) is 0 Å². The highest BCUT2D eigenvalue weighted by molar-refractivity contribution is 6.36. The third kappa shape index (κ3) is 2.75. The molecule has 2 aromatic carbocycles. The van der Waals surface area contributed by atoms with Crippen molar-refractivity contribution in [1.29, 1.82) is 0 Å². The fourth-order valence-electron chi connectivity index (χ4n) is 3.46. The van der Waals surface area contributed by atoms with Crippen molar-refractivity contribution in [2.45, 2.75) is 39.5 Å². The molecule has 0 fully saturated rings. The molecule has 0 saturated carbocycles. The first-order chi connectivity index (χ1) is 12.7. The highest BCUT2D eigenvalue weighted by Gasteiger charge is 2.45. The van der Waals surface area contributed by atoms with Crippen molar-refractivity contribution in [1.82, 2.24) is 0 Å². The molecule has 1 aliphatic rings. The number of imide groups is 1. The molecule has 2 aromatic rings. The normalized spacial score (nSPS) is 13.6. The van der Waals surface area contributed by atoms with Crippen LogP contribution < -0.4 is 4.90 Å². The van der Waals surface area contributed by atoms with E-state index in [-0.39, 0.29) is 23.0 Å². The van der Waals surface area contributed by atoms with Gasteiger partial charge in [0.1, 0.15) is 5.56 Å². The van der Waals surface area contributed by atoms with Crippen LogP contribution in [0.2, 0.25) is 0 Å². The summed E-state index contributed by atoms with van der Waals surface area (Å²) >= 11 is 0. The summed E-state index contributed by atoms with van der Waals surface area (Å²) in [4.78, 5) is 37.7. The average molecular weight is 368 g/mol. The van der Waals surface area contributed by atoms with Crippen LogP contribution in [0.4, 0.5) is 11.4 Å². The molecular weight excluding hydrogens is 348 g/mol. The third-order valence-corrected chi connectivity index (χ3v) is 4.76. The predicted octanol–water partition coefficient (Wildman–Crippen LogP) is 4.35. The molecule has 0 aliphatic carbocycles. The van der Waals surface area contributed by atoms with Gasteiger partial charge in [-0.05, 0) is 35.1 Å². The van der Waals surface area contributed by atoms with Crippen LogP contribution in [-0.2, 0) is 0 Å². The van der Waals surface area contributed by atoms with E-state index in [4.69, 9.17) is 0 Å². The van der Waals surface area contributed by atoms with Crippen LogP contribution in [0.1, 0.15) is 71.4 Å². The van der Waals surface area contributed by atoms with Crippen LogP contribution in [0.3, 0.4) is 0 Å². The minimum Gasteiger partial charge on any atom is -0.502 e. The van der Waals surface area contributed by atoms with Crippen LogP contribution >= 0.6 is 0 Å². The molecule has 7 nitrogen and oxygen atoms in total. The van der Waals surface area contributed by atoms with Crippen LogP contribution in [0, 0.1) is 10.1 Å². The molecule has 1 heterocycles. The molecule has 140 valence electrons. The zero-order valence-electron chi connectivity index (χ0n) is 15.5. The van der Waals surface area contributed by atoms with Gasteiger partial charge in [0, 0.05) is 0 Å². The topological polar surface area (TPSA) is 101 Å². The summed E-state index contributed by atoms with van der Waals surface area (Å²) < 4.78 is 0. The molecule has 2 amide bonds. The van der Waals surface area contributed by atoms with E-state index in [1.165, 1.54) is 6.07 Å². The molecule has 0 unspecified atom stereocenters. The number of nitro groups is 1. The van der Waals surface area contributed by atoms with E-state index in [1.54, 1.807) is 0 Å². The van der Waals surface area contributed by atoms with Crippen molar-refractivity contribution in [3.8, 4) is 5.75 Å². The van der Waals surface area contributed by atoms with Crippen molar-refractivity contribution in [2.24, 2.45) is 0 Å². The number of carbonyl (C=O) groups excluding carboxylic acids is 2. The van der Waals surface area contributed by atoms with E-state index in [0.29, 0.717) is 5.69 Å². The molecule has 1 N–H and O–H groups in total. The Morgan fingerprint density at radius 3 is 2.00 bits per heavy atom. The number of carbonyl (C=O) groups is 2. The Balaban J connectivity index is 2.30. The molecule has 0 bridgehead atoms. The SMILES string of the molecule is CC(C)c1cccc(C(C)C)c1N1C(=O)c2ccc(O)c([N+](=O)[O-])c2C1=O. The number of rotatable bonds is 4. The largest absolute Gasteiger partial charge is 0.502 e. The number of hydrogen-bond donors (Lipinski definition) is 1. The number of hydrogen-bond acceptors (Lipinski definition) is 5. The van der Waals surface area contributed by atoms with Crippen LogP contribution in [0.15, 0.2) is 30.3 Å². The van der Waals surface area contributed by atoms with Crippen LogP contribution in [-0.4, -0.2) is 21.8 Å². The molecule has 0 saturated heterocycles. The number of benzene rings is 2. The van der Waals surface area contributed by atoms with Gasteiger partial charge in [-0.15, -0.1) is 0 Å². The number of anilines is 1. The van der Waals surface area contributed by atoms with Crippen LogP contribution in [0.5, 0.6) is 5.75 Å². The number of amides is 2. The van der Waals surface area contributed by atoms with Gasteiger partial charge in [-0.25, -0.2) is 4.90 Å². The summed E-state index contributed by atoms with van der Waals surface area (Å²) in [6, 6.07) is 7.90. The summed E-state index contributed by atoms with van der Waals surface area (Å²) in [7, 11) is 0. The zero-order valence-corrected chi connectivity index (χ0v) is 15.5. The number of phenols is 1. The number of phenolic OH excluding ortho intramolecular Hbond substituents is 1. The quantitative estimate of drug-likeness (QED) is 0.491. The maximum atomic E-state index is 13.1. The Bertz CT molecular complexity index is 952. The summed E-state index contributed by atoms with van der Waals surface area (Å²) in [6.07, 6.45) is 0. The van der Waals surface area contributed by atoms with Gasteiger partial charge in [0.15, 0.2) is 5.75 Å². The fourth-order valence-corrected chi connectivity index (χ4v) is 3.46.